The van der Waals surface area contributed by atoms with Crippen LogP contribution in [0.3, 0.4) is 0 Å². The van der Waals surface area contributed by atoms with Gasteiger partial charge in [-0.05, 0) is 5.21 Å². The lowest BCUT2D eigenvalue weighted by Gasteiger charge is -1.99. The second-order valence-corrected chi connectivity index (χ2v) is 3.32. The zero-order valence-corrected chi connectivity index (χ0v) is 8.96. The molecule has 0 aromatic carbocycles. The van der Waals surface area contributed by atoms with Gasteiger partial charge in [0.1, 0.15) is 6.54 Å². The van der Waals surface area contributed by atoms with Gasteiger partial charge in [-0.15, -0.1) is 15.3 Å². The van der Waals surface area contributed by atoms with Crippen LogP contribution in [0.4, 0.5) is 13.2 Å². The van der Waals surface area contributed by atoms with Gasteiger partial charge in [0.25, 0.3) is 5.78 Å². The topological polar surface area (TPSA) is 91.4 Å². The lowest BCUT2D eigenvalue weighted by Crippen LogP contribution is -2.23. The van der Waals surface area contributed by atoms with E-state index in [1.54, 1.807) is 0 Å². The van der Waals surface area contributed by atoms with Gasteiger partial charge in [-0.3, -0.25) is 4.79 Å². The summed E-state index contributed by atoms with van der Waals surface area (Å²) in [5, 5.41) is 17.5. The van der Waals surface area contributed by atoms with Crippen LogP contribution in [0, 0.1) is 0 Å². The summed E-state index contributed by atoms with van der Waals surface area (Å²) >= 11 is 0. The maximum Gasteiger partial charge on any atom is 0.456 e. The first-order valence-corrected chi connectivity index (χ1v) is 4.61. The predicted octanol–water partition coefficient (Wildman–Crippen LogP) is -0.405. The Kier molecular flexibility index (Phi) is 2.80. The minimum absolute atomic E-state index is 0.0218. The van der Waals surface area contributed by atoms with Gasteiger partial charge in [0.15, 0.2) is 11.5 Å². The molecule has 0 aliphatic heterocycles. The highest BCUT2D eigenvalue weighted by Gasteiger charge is 2.41. The normalized spacial score (nSPS) is 11.8. The summed E-state index contributed by atoms with van der Waals surface area (Å²) in [5.74, 6) is -1.80. The van der Waals surface area contributed by atoms with Crippen molar-refractivity contribution >= 4 is 5.78 Å². The van der Waals surface area contributed by atoms with Crippen molar-refractivity contribution in [2.24, 2.45) is 7.05 Å². The standard InChI is InChI=1S/C7H6F3N7O/c1-16-13-5(12-14-16)3-17-2-4(11-15-17)6(18)7(8,9)10/h2H,3H2,1H3. The Morgan fingerprint density at radius 2 is 2.06 bits per heavy atom. The molecule has 2 heterocycles. The molecule has 0 fully saturated rings. The molecule has 0 saturated carbocycles. The Bertz CT molecular complexity index is 572. The highest BCUT2D eigenvalue weighted by atomic mass is 19.4. The molecule has 0 atom stereocenters. The maximum absolute atomic E-state index is 12.1. The molecule has 0 aliphatic carbocycles. The van der Waals surface area contributed by atoms with E-state index in [9.17, 15) is 18.0 Å². The number of carbonyl (C=O) groups is 1. The van der Waals surface area contributed by atoms with Crippen LogP contribution in [-0.2, 0) is 13.6 Å². The minimum atomic E-state index is -4.97. The van der Waals surface area contributed by atoms with Crippen molar-refractivity contribution < 1.29 is 18.0 Å². The minimum Gasteiger partial charge on any atom is -0.282 e. The molecule has 18 heavy (non-hydrogen) atoms. The van der Waals surface area contributed by atoms with E-state index < -0.39 is 17.7 Å². The Morgan fingerprint density at radius 1 is 1.33 bits per heavy atom. The van der Waals surface area contributed by atoms with Crippen molar-refractivity contribution in [1.29, 1.82) is 0 Å². The molecular weight excluding hydrogens is 255 g/mol. The molecule has 8 nitrogen and oxygen atoms in total. The number of hydrogen-bond donors (Lipinski definition) is 0. The Hall–Kier alpha value is -2.33. The van der Waals surface area contributed by atoms with Crippen molar-refractivity contribution in [1.82, 2.24) is 35.2 Å². The SMILES string of the molecule is Cn1nnc(Cn2cc(C(=O)C(F)(F)F)nn2)n1. The average molecular weight is 261 g/mol. The quantitative estimate of drug-likeness (QED) is 0.698. The highest BCUT2D eigenvalue weighted by Crippen LogP contribution is 2.19. The Labute approximate surface area is 97.4 Å². The van der Waals surface area contributed by atoms with Crippen molar-refractivity contribution in [2.75, 3.05) is 0 Å². The number of ketones is 1. The average Bonchev–Trinajstić information content (AvgIpc) is 2.86. The molecule has 0 aliphatic rings. The summed E-state index contributed by atoms with van der Waals surface area (Å²) in [5.41, 5.74) is -0.772. The molecule has 11 heteroatoms. The molecular formula is C7H6F3N7O. The number of hydrogen-bond acceptors (Lipinski definition) is 6. The summed E-state index contributed by atoms with van der Waals surface area (Å²) in [6, 6.07) is 0. The van der Waals surface area contributed by atoms with Gasteiger partial charge >= 0.3 is 6.18 Å². The van der Waals surface area contributed by atoms with Crippen LogP contribution in [0.25, 0.3) is 0 Å². The maximum atomic E-state index is 12.1. The summed E-state index contributed by atoms with van der Waals surface area (Å²) in [4.78, 5) is 12.0. The fraction of sp³-hybridized carbons (Fsp3) is 0.429. The van der Waals surface area contributed by atoms with E-state index in [1.165, 1.54) is 11.8 Å². The van der Waals surface area contributed by atoms with Crippen LogP contribution in [0.1, 0.15) is 16.3 Å². The smallest absolute Gasteiger partial charge is 0.282 e. The largest absolute Gasteiger partial charge is 0.456 e. The third-order valence-corrected chi connectivity index (χ3v) is 1.88. The van der Waals surface area contributed by atoms with Crippen LogP contribution < -0.4 is 0 Å². The number of aromatic nitrogens is 7. The van der Waals surface area contributed by atoms with Crippen LogP contribution in [-0.4, -0.2) is 47.2 Å². The van der Waals surface area contributed by atoms with Gasteiger partial charge < -0.3 is 0 Å². The van der Waals surface area contributed by atoms with E-state index in [4.69, 9.17) is 0 Å². The summed E-state index contributed by atoms with van der Waals surface area (Å²) in [6.07, 6.45) is -4.09. The molecule has 2 rings (SSSR count). The third-order valence-electron chi connectivity index (χ3n) is 1.88. The van der Waals surface area contributed by atoms with Crippen molar-refractivity contribution in [2.45, 2.75) is 12.7 Å². The van der Waals surface area contributed by atoms with E-state index in [1.807, 2.05) is 0 Å². The highest BCUT2D eigenvalue weighted by molar-refractivity contribution is 5.98. The van der Waals surface area contributed by atoms with Crippen LogP contribution in [0.2, 0.25) is 0 Å². The van der Waals surface area contributed by atoms with E-state index in [0.29, 0.717) is 0 Å². The molecule has 2 aromatic rings. The Balaban J connectivity index is 2.14. The van der Waals surface area contributed by atoms with E-state index in [-0.39, 0.29) is 12.4 Å². The second-order valence-electron chi connectivity index (χ2n) is 3.32. The number of alkyl halides is 3. The van der Waals surface area contributed by atoms with Gasteiger partial charge in [-0.1, -0.05) is 5.21 Å². The van der Waals surface area contributed by atoms with E-state index in [2.05, 4.69) is 25.7 Å². The van der Waals surface area contributed by atoms with Gasteiger partial charge in [0.2, 0.25) is 0 Å². The van der Waals surface area contributed by atoms with E-state index >= 15 is 0 Å². The molecule has 0 N–H and O–H groups in total. The molecule has 0 saturated heterocycles. The first kappa shape index (κ1) is 12.1. The Morgan fingerprint density at radius 3 is 2.61 bits per heavy atom. The number of nitrogens with zero attached hydrogens (tertiary/aromatic N) is 7. The molecule has 2 aromatic heterocycles. The molecule has 0 amide bonds. The fourth-order valence-corrected chi connectivity index (χ4v) is 1.16. The van der Waals surface area contributed by atoms with Crippen LogP contribution in [0.15, 0.2) is 6.20 Å². The number of aryl methyl sites for hydroxylation is 1. The fourth-order valence-electron chi connectivity index (χ4n) is 1.16. The number of Topliss-reactive ketones (excluding diaryl/α,β-unsaturated/α-hetero) is 1. The summed E-state index contributed by atoms with van der Waals surface area (Å²) < 4.78 is 37.4. The first-order valence-electron chi connectivity index (χ1n) is 4.61. The van der Waals surface area contributed by atoms with Crippen LogP contribution in [0.5, 0.6) is 0 Å². The number of tetrazole rings is 1. The van der Waals surface area contributed by atoms with Crippen molar-refractivity contribution in [3.63, 3.8) is 0 Å². The van der Waals surface area contributed by atoms with Gasteiger partial charge in [0, 0.05) is 0 Å². The molecule has 0 radical (unpaired) electrons. The molecule has 0 unspecified atom stereocenters. The summed E-state index contributed by atoms with van der Waals surface area (Å²) in [6.45, 7) is -0.0218. The zero-order valence-electron chi connectivity index (χ0n) is 8.96. The zero-order chi connectivity index (χ0) is 13.3. The predicted molar refractivity (Wildman–Crippen MR) is 48.3 cm³/mol. The van der Waals surface area contributed by atoms with Gasteiger partial charge in [0.05, 0.1) is 13.2 Å². The molecule has 0 bridgehead atoms. The number of halogens is 3. The third kappa shape index (κ3) is 2.49. The number of rotatable bonds is 3. The second kappa shape index (κ2) is 4.16. The van der Waals surface area contributed by atoms with E-state index in [0.717, 1.165) is 10.9 Å². The van der Waals surface area contributed by atoms with Crippen molar-refractivity contribution in [3.8, 4) is 0 Å². The lowest BCUT2D eigenvalue weighted by molar-refractivity contribution is -0.0888. The lowest BCUT2D eigenvalue weighted by atomic mass is 10.3. The first-order chi connectivity index (χ1) is 8.36. The number of carbonyl (C=O) groups excluding carboxylic acids is 1. The van der Waals surface area contributed by atoms with Crippen molar-refractivity contribution in [3.05, 3.63) is 17.7 Å². The van der Waals surface area contributed by atoms with Crippen LogP contribution >= 0.6 is 0 Å². The van der Waals surface area contributed by atoms with Gasteiger partial charge in [-0.25, -0.2) is 4.68 Å². The van der Waals surface area contributed by atoms with Gasteiger partial charge in [-0.2, -0.15) is 18.0 Å². The molecule has 96 valence electrons. The summed E-state index contributed by atoms with van der Waals surface area (Å²) in [7, 11) is 1.54. The molecule has 0 spiro atoms. The monoisotopic (exact) mass is 261 g/mol.